The molecule has 1 unspecified atom stereocenters. The van der Waals surface area contributed by atoms with Gasteiger partial charge in [-0.1, -0.05) is 44.6 Å². The number of benzene rings is 1. The Bertz CT molecular complexity index is 699. The minimum absolute atomic E-state index is 0.0593. The van der Waals surface area contributed by atoms with E-state index in [2.05, 4.69) is 68.6 Å². The highest BCUT2D eigenvalue weighted by atomic mass is 16.1. The molecule has 1 aromatic rings. The van der Waals surface area contributed by atoms with Crippen LogP contribution < -0.4 is 16.1 Å². The van der Waals surface area contributed by atoms with Crippen molar-refractivity contribution in [2.75, 3.05) is 25.0 Å². The summed E-state index contributed by atoms with van der Waals surface area (Å²) in [5.41, 5.74) is 5.15. The van der Waals surface area contributed by atoms with Gasteiger partial charge in [0, 0.05) is 42.7 Å². The molecule has 0 radical (unpaired) electrons. The van der Waals surface area contributed by atoms with Crippen LogP contribution in [0, 0.1) is 11.8 Å². The van der Waals surface area contributed by atoms with Gasteiger partial charge in [0.1, 0.15) is 7.85 Å². The van der Waals surface area contributed by atoms with Gasteiger partial charge in [-0.15, -0.1) is 0 Å². The minimum Gasteiger partial charge on any atom is -0.371 e. The third-order valence-electron chi connectivity index (χ3n) is 5.05. The fraction of sp³-hybridized carbons (Fsp3) is 0.500. The number of nitrogens with one attached hydrogen (secondary N) is 2. The summed E-state index contributed by atoms with van der Waals surface area (Å²) in [5.74, 6) is 1.42. The molecule has 27 heavy (non-hydrogen) atoms. The van der Waals surface area contributed by atoms with Gasteiger partial charge in [-0.2, -0.15) is 0 Å². The Kier molecular flexibility index (Phi) is 7.58. The lowest BCUT2D eigenvalue weighted by atomic mass is 9.88. The molecule has 4 nitrogen and oxygen atoms in total. The number of hydrogen-bond acceptors (Lipinski definition) is 3. The fourth-order valence-electron chi connectivity index (χ4n) is 3.81. The average Bonchev–Trinajstić information content (AvgIpc) is 2.60. The van der Waals surface area contributed by atoms with Crippen molar-refractivity contribution < 1.29 is 4.79 Å². The number of rotatable bonds is 8. The van der Waals surface area contributed by atoms with Crippen LogP contribution in [0.3, 0.4) is 0 Å². The Hall–Kier alpha value is -2.17. The smallest absolute Gasteiger partial charge is 0.217 e. The number of anilines is 1. The Balaban J connectivity index is 2.13. The number of carbonyl (C=O) groups excluding carboxylic acids is 1. The molecule has 0 bridgehead atoms. The van der Waals surface area contributed by atoms with Crippen molar-refractivity contribution in [2.45, 2.75) is 40.0 Å². The van der Waals surface area contributed by atoms with Crippen LogP contribution in [0.1, 0.15) is 45.6 Å². The lowest BCUT2D eigenvalue weighted by Gasteiger charge is -2.37. The largest absolute Gasteiger partial charge is 0.371 e. The van der Waals surface area contributed by atoms with Gasteiger partial charge in [-0.3, -0.25) is 4.79 Å². The summed E-state index contributed by atoms with van der Waals surface area (Å²) in [7, 11) is 2.10. The first kappa shape index (κ1) is 21.1. The molecule has 1 amide bonds. The zero-order valence-corrected chi connectivity index (χ0v) is 17.4. The summed E-state index contributed by atoms with van der Waals surface area (Å²) in [6.45, 7) is 17.1. The molecule has 1 aliphatic rings. The summed E-state index contributed by atoms with van der Waals surface area (Å²) in [6.07, 6.45) is 3.81. The van der Waals surface area contributed by atoms with Crippen molar-refractivity contribution in [1.29, 1.82) is 0 Å². The number of likely N-dealkylation sites (tertiary alicyclic amines) is 1. The van der Waals surface area contributed by atoms with Gasteiger partial charge in [0.15, 0.2) is 0 Å². The van der Waals surface area contributed by atoms with Crippen LogP contribution in [0.4, 0.5) is 5.69 Å². The molecule has 1 heterocycles. The quantitative estimate of drug-likeness (QED) is 0.695. The molecule has 1 fully saturated rings. The summed E-state index contributed by atoms with van der Waals surface area (Å²) in [5, 5.41) is 6.14. The molecule has 1 atom stereocenters. The fourth-order valence-corrected chi connectivity index (χ4v) is 3.81. The van der Waals surface area contributed by atoms with E-state index in [4.69, 9.17) is 0 Å². The van der Waals surface area contributed by atoms with E-state index in [1.165, 1.54) is 31.6 Å². The second-order valence-corrected chi connectivity index (χ2v) is 8.22. The number of nitrogens with zero attached hydrogens (tertiary/aromatic N) is 1. The van der Waals surface area contributed by atoms with Gasteiger partial charge in [0.05, 0.1) is 6.54 Å². The number of piperidine rings is 1. The van der Waals surface area contributed by atoms with E-state index in [0.717, 1.165) is 47.6 Å². The third kappa shape index (κ3) is 6.49. The highest BCUT2D eigenvalue weighted by molar-refractivity contribution is 6.32. The molecule has 2 N–H and O–H groups in total. The molecule has 1 aromatic carbocycles. The molecule has 0 aliphatic carbocycles. The summed E-state index contributed by atoms with van der Waals surface area (Å²) < 4.78 is 0. The van der Waals surface area contributed by atoms with Crippen LogP contribution >= 0.6 is 0 Å². The normalized spacial score (nSPS) is 16.9. The van der Waals surface area contributed by atoms with E-state index in [1.54, 1.807) is 0 Å². The summed E-state index contributed by atoms with van der Waals surface area (Å²) in [6, 6.07) is 6.34. The van der Waals surface area contributed by atoms with Crippen LogP contribution in [0.2, 0.25) is 0 Å². The van der Waals surface area contributed by atoms with E-state index in [-0.39, 0.29) is 5.91 Å². The van der Waals surface area contributed by atoms with Gasteiger partial charge in [-0.25, -0.2) is 0 Å². The topological polar surface area (TPSA) is 44.4 Å². The van der Waals surface area contributed by atoms with Crippen molar-refractivity contribution in [3.05, 3.63) is 42.6 Å². The van der Waals surface area contributed by atoms with E-state index < -0.39 is 0 Å². The molecule has 0 saturated carbocycles. The molecule has 0 aromatic heterocycles. The second-order valence-electron chi connectivity index (χ2n) is 8.22. The zero-order valence-electron chi connectivity index (χ0n) is 17.4. The number of amides is 1. The van der Waals surface area contributed by atoms with E-state index in [9.17, 15) is 4.79 Å². The predicted octanol–water partition coefficient (Wildman–Crippen LogP) is 2.74. The average molecular weight is 367 g/mol. The maximum absolute atomic E-state index is 11.1. The predicted molar refractivity (Wildman–Crippen MR) is 119 cm³/mol. The van der Waals surface area contributed by atoms with Crippen LogP contribution in [0.25, 0.3) is 5.70 Å². The van der Waals surface area contributed by atoms with Gasteiger partial charge < -0.3 is 15.5 Å². The molecule has 0 spiro atoms. The summed E-state index contributed by atoms with van der Waals surface area (Å²) >= 11 is 0. The summed E-state index contributed by atoms with van der Waals surface area (Å²) in [4.78, 5) is 13.6. The third-order valence-corrected chi connectivity index (χ3v) is 5.05. The van der Waals surface area contributed by atoms with Crippen LogP contribution in [-0.4, -0.2) is 38.3 Å². The molecular formula is C22H34BN3O. The van der Waals surface area contributed by atoms with Crippen molar-refractivity contribution in [1.82, 2.24) is 10.2 Å². The maximum atomic E-state index is 11.1. The second kappa shape index (κ2) is 9.68. The van der Waals surface area contributed by atoms with Crippen LogP contribution in [0.5, 0.6) is 0 Å². The van der Waals surface area contributed by atoms with Crippen molar-refractivity contribution in [3.8, 4) is 0 Å². The number of hydrogen-bond donors (Lipinski definition) is 2. The lowest BCUT2D eigenvalue weighted by molar-refractivity contribution is -0.118. The SMILES string of the molecule is Bc1ccc(NC(=C)CNC(C)=O)c(C(=C)N2CCCC(CC(C)C)C2)c1. The Morgan fingerprint density at radius 2 is 2.11 bits per heavy atom. The molecule has 1 saturated heterocycles. The lowest BCUT2D eigenvalue weighted by Crippen LogP contribution is -2.34. The van der Waals surface area contributed by atoms with Gasteiger partial charge >= 0.3 is 0 Å². The van der Waals surface area contributed by atoms with Gasteiger partial charge in [-0.05, 0) is 37.2 Å². The first-order chi connectivity index (χ1) is 12.8. The molecule has 2 rings (SSSR count). The Labute approximate surface area is 165 Å². The standard InChI is InChI=1S/C22H34BN3O/c1-15(2)11-19-7-6-10-26(14-19)17(4)21-12-20(23)8-9-22(21)25-16(3)13-24-18(5)27/h8-9,12,15,19,25H,3-4,6-7,10-11,13-14,23H2,1-2,5H3,(H,24,27). The minimum atomic E-state index is -0.0593. The van der Waals surface area contributed by atoms with Crippen LogP contribution in [-0.2, 0) is 4.79 Å². The van der Waals surface area contributed by atoms with E-state index in [0.29, 0.717) is 6.54 Å². The zero-order chi connectivity index (χ0) is 20.0. The van der Waals surface area contributed by atoms with Crippen molar-refractivity contribution >= 4 is 30.6 Å². The molecule has 1 aliphatic heterocycles. The van der Waals surface area contributed by atoms with Crippen molar-refractivity contribution in [2.24, 2.45) is 11.8 Å². The van der Waals surface area contributed by atoms with E-state index >= 15 is 0 Å². The maximum Gasteiger partial charge on any atom is 0.217 e. The Morgan fingerprint density at radius 3 is 2.78 bits per heavy atom. The van der Waals surface area contributed by atoms with Crippen LogP contribution in [0.15, 0.2) is 37.1 Å². The first-order valence-electron chi connectivity index (χ1n) is 10.0. The monoisotopic (exact) mass is 367 g/mol. The van der Waals surface area contributed by atoms with Crippen molar-refractivity contribution in [3.63, 3.8) is 0 Å². The highest BCUT2D eigenvalue weighted by Crippen LogP contribution is 2.31. The Morgan fingerprint density at radius 1 is 1.37 bits per heavy atom. The van der Waals surface area contributed by atoms with Gasteiger partial charge in [0.2, 0.25) is 5.91 Å². The molecule has 146 valence electrons. The highest BCUT2D eigenvalue weighted by Gasteiger charge is 2.23. The first-order valence-corrected chi connectivity index (χ1v) is 10.0. The molecular weight excluding hydrogens is 333 g/mol. The molecule has 5 heteroatoms. The van der Waals surface area contributed by atoms with E-state index in [1.807, 2.05) is 0 Å². The van der Waals surface area contributed by atoms with Gasteiger partial charge in [0.25, 0.3) is 0 Å². The number of carbonyl (C=O) groups is 1.